The van der Waals surface area contributed by atoms with Crippen molar-refractivity contribution in [2.24, 2.45) is 0 Å². The third kappa shape index (κ3) is 3.64. The van der Waals surface area contributed by atoms with Crippen LogP contribution in [0.3, 0.4) is 0 Å². The number of carbonyl (C=O) groups excluding carboxylic acids is 3. The van der Waals surface area contributed by atoms with Crippen LogP contribution in [-0.4, -0.2) is 24.4 Å². The highest BCUT2D eigenvalue weighted by molar-refractivity contribution is 7.12. The van der Waals surface area contributed by atoms with Crippen molar-refractivity contribution in [3.8, 4) is 0 Å². The van der Waals surface area contributed by atoms with E-state index in [2.05, 4.69) is 5.32 Å². The number of amides is 2. The summed E-state index contributed by atoms with van der Waals surface area (Å²) in [6.07, 6.45) is 0. The Morgan fingerprint density at radius 2 is 2.04 bits per heavy atom. The van der Waals surface area contributed by atoms with Crippen molar-refractivity contribution in [3.05, 3.63) is 57.4 Å². The molecule has 24 heavy (non-hydrogen) atoms. The van der Waals surface area contributed by atoms with Gasteiger partial charge in [0.15, 0.2) is 6.61 Å². The molecule has 0 bridgehead atoms. The molecule has 122 valence electrons. The summed E-state index contributed by atoms with van der Waals surface area (Å²) >= 11 is 7.06. The fraction of sp³-hybridized carbons (Fsp3) is 0.0625. The van der Waals surface area contributed by atoms with Crippen molar-refractivity contribution in [3.63, 3.8) is 0 Å². The molecule has 0 saturated carbocycles. The molecule has 0 atom stereocenters. The van der Waals surface area contributed by atoms with Crippen LogP contribution in [0.25, 0.3) is 11.0 Å². The molecule has 8 heteroatoms. The molecule has 0 unspecified atom stereocenters. The molecule has 0 saturated heterocycles. The van der Waals surface area contributed by atoms with Crippen molar-refractivity contribution in [1.82, 2.24) is 5.32 Å². The van der Waals surface area contributed by atoms with Gasteiger partial charge in [-0.25, -0.2) is 4.79 Å². The molecule has 0 spiro atoms. The largest absolute Gasteiger partial charge is 0.450 e. The van der Waals surface area contributed by atoms with Gasteiger partial charge < -0.3 is 9.15 Å². The number of hydrogen-bond acceptors (Lipinski definition) is 6. The maximum absolute atomic E-state index is 11.9. The van der Waals surface area contributed by atoms with Crippen molar-refractivity contribution < 1.29 is 23.5 Å². The van der Waals surface area contributed by atoms with Gasteiger partial charge in [0.2, 0.25) is 5.76 Å². The smallest absolute Gasteiger partial charge is 0.374 e. The maximum atomic E-state index is 11.9. The van der Waals surface area contributed by atoms with Crippen molar-refractivity contribution >= 4 is 51.7 Å². The van der Waals surface area contributed by atoms with E-state index < -0.39 is 24.4 Å². The number of carbonyl (C=O) groups is 3. The molecule has 0 radical (unpaired) electrons. The fourth-order valence-electron chi connectivity index (χ4n) is 1.95. The van der Waals surface area contributed by atoms with E-state index in [1.54, 1.807) is 35.7 Å². The second-order valence-electron chi connectivity index (χ2n) is 4.72. The number of imide groups is 1. The molecular weight excluding hydrogens is 354 g/mol. The minimum atomic E-state index is -0.805. The number of furan rings is 1. The summed E-state index contributed by atoms with van der Waals surface area (Å²) in [5, 5.41) is 5.00. The highest BCUT2D eigenvalue weighted by atomic mass is 35.5. The first-order chi connectivity index (χ1) is 11.5. The highest BCUT2D eigenvalue weighted by Crippen LogP contribution is 2.23. The van der Waals surface area contributed by atoms with Crippen LogP contribution in [0.5, 0.6) is 0 Å². The normalized spacial score (nSPS) is 10.5. The average Bonchev–Trinajstić information content (AvgIpc) is 3.21. The van der Waals surface area contributed by atoms with Gasteiger partial charge in [-0.1, -0.05) is 17.7 Å². The summed E-state index contributed by atoms with van der Waals surface area (Å²) in [5.41, 5.74) is 0.476. The van der Waals surface area contributed by atoms with Crippen LogP contribution in [0.2, 0.25) is 5.02 Å². The van der Waals surface area contributed by atoms with Crippen LogP contribution < -0.4 is 5.32 Å². The van der Waals surface area contributed by atoms with E-state index in [4.69, 9.17) is 20.8 Å². The zero-order chi connectivity index (χ0) is 17.1. The van der Waals surface area contributed by atoms with Gasteiger partial charge in [0.1, 0.15) is 5.58 Å². The summed E-state index contributed by atoms with van der Waals surface area (Å²) < 4.78 is 10.2. The van der Waals surface area contributed by atoms with Crippen LogP contribution in [0, 0.1) is 0 Å². The number of rotatable bonds is 4. The van der Waals surface area contributed by atoms with Crippen LogP contribution in [0.4, 0.5) is 0 Å². The Bertz CT molecular complexity index is 916. The zero-order valence-electron chi connectivity index (χ0n) is 12.1. The van der Waals surface area contributed by atoms with Crippen molar-refractivity contribution in [2.75, 3.05) is 6.61 Å². The first-order valence-electron chi connectivity index (χ1n) is 6.77. The number of hydrogen-bond donors (Lipinski definition) is 1. The Labute approximate surface area is 145 Å². The number of nitrogens with one attached hydrogen (secondary N) is 1. The number of esters is 1. The predicted octanol–water partition coefficient (Wildman–Crippen LogP) is 3.26. The summed E-state index contributed by atoms with van der Waals surface area (Å²) in [4.78, 5) is 35.6. The molecule has 2 amide bonds. The molecule has 0 aliphatic rings. The van der Waals surface area contributed by atoms with Gasteiger partial charge in [-0.3, -0.25) is 14.9 Å². The molecular formula is C16H10ClNO5S. The first-order valence-corrected chi connectivity index (χ1v) is 8.02. The number of ether oxygens (including phenoxy) is 1. The minimum absolute atomic E-state index is 0.0512. The van der Waals surface area contributed by atoms with Crippen LogP contribution in [0.15, 0.2) is 46.2 Å². The minimum Gasteiger partial charge on any atom is -0.450 e. The third-order valence-corrected chi connectivity index (χ3v) is 4.12. The highest BCUT2D eigenvalue weighted by Gasteiger charge is 2.17. The topological polar surface area (TPSA) is 85.6 Å². The first kappa shape index (κ1) is 16.2. The van der Waals surface area contributed by atoms with E-state index in [1.807, 2.05) is 0 Å². The SMILES string of the molecule is O=C(COC(=O)c1cc2cc(Cl)ccc2o1)NC(=O)c1cccs1. The molecule has 6 nitrogen and oxygen atoms in total. The summed E-state index contributed by atoms with van der Waals surface area (Å²) in [5.74, 6) is -2.11. The van der Waals surface area contributed by atoms with E-state index in [1.165, 1.54) is 17.4 Å². The van der Waals surface area contributed by atoms with Crippen LogP contribution in [-0.2, 0) is 9.53 Å². The Morgan fingerprint density at radius 3 is 2.79 bits per heavy atom. The third-order valence-electron chi connectivity index (χ3n) is 3.01. The van der Waals surface area contributed by atoms with Gasteiger partial charge in [0.25, 0.3) is 11.8 Å². The standard InChI is InChI=1S/C16H10ClNO5S/c17-10-3-4-11-9(6-10)7-12(23-11)16(21)22-8-14(19)18-15(20)13-2-1-5-24-13/h1-7H,8H2,(H,18,19,20). The molecule has 2 aromatic heterocycles. The monoisotopic (exact) mass is 363 g/mol. The van der Waals surface area contributed by atoms with E-state index in [9.17, 15) is 14.4 Å². The number of thiophene rings is 1. The lowest BCUT2D eigenvalue weighted by Crippen LogP contribution is -2.33. The van der Waals surface area contributed by atoms with Gasteiger partial charge in [-0.15, -0.1) is 11.3 Å². The Morgan fingerprint density at radius 1 is 1.21 bits per heavy atom. The summed E-state index contributed by atoms with van der Waals surface area (Å²) in [7, 11) is 0. The fourth-order valence-corrected chi connectivity index (χ4v) is 2.75. The van der Waals surface area contributed by atoms with Crippen LogP contribution >= 0.6 is 22.9 Å². The van der Waals surface area contributed by atoms with Crippen LogP contribution in [0.1, 0.15) is 20.2 Å². The molecule has 0 aliphatic carbocycles. The zero-order valence-corrected chi connectivity index (χ0v) is 13.6. The molecule has 3 aromatic rings. The molecule has 0 fully saturated rings. The number of fused-ring (bicyclic) bond motifs is 1. The molecule has 2 heterocycles. The van der Waals surface area contributed by atoms with Crippen molar-refractivity contribution in [2.45, 2.75) is 0 Å². The van der Waals surface area contributed by atoms with Gasteiger partial charge in [-0.2, -0.15) is 0 Å². The lowest BCUT2D eigenvalue weighted by molar-refractivity contribution is -0.123. The van der Waals surface area contributed by atoms with Gasteiger partial charge in [0.05, 0.1) is 4.88 Å². The molecule has 1 N–H and O–H groups in total. The van der Waals surface area contributed by atoms with E-state index in [-0.39, 0.29) is 5.76 Å². The van der Waals surface area contributed by atoms with Gasteiger partial charge >= 0.3 is 5.97 Å². The van der Waals surface area contributed by atoms with E-state index in [0.29, 0.717) is 20.9 Å². The van der Waals surface area contributed by atoms with Crippen molar-refractivity contribution in [1.29, 1.82) is 0 Å². The lowest BCUT2D eigenvalue weighted by Gasteiger charge is -2.03. The quantitative estimate of drug-likeness (QED) is 0.719. The van der Waals surface area contributed by atoms with E-state index in [0.717, 1.165) is 0 Å². The maximum Gasteiger partial charge on any atom is 0.374 e. The van der Waals surface area contributed by atoms with Gasteiger partial charge in [-0.05, 0) is 35.7 Å². The number of benzene rings is 1. The second kappa shape index (κ2) is 6.86. The predicted molar refractivity (Wildman–Crippen MR) is 88.3 cm³/mol. The Hall–Kier alpha value is -2.64. The number of halogens is 1. The molecule has 3 rings (SSSR count). The summed E-state index contributed by atoms with van der Waals surface area (Å²) in [6, 6.07) is 9.64. The molecule has 1 aromatic carbocycles. The van der Waals surface area contributed by atoms with E-state index >= 15 is 0 Å². The Balaban J connectivity index is 1.58. The summed E-state index contributed by atoms with van der Waals surface area (Å²) in [6.45, 7) is -0.590. The second-order valence-corrected chi connectivity index (χ2v) is 6.11. The lowest BCUT2D eigenvalue weighted by atomic mass is 10.2. The molecule has 0 aliphatic heterocycles. The van der Waals surface area contributed by atoms with Gasteiger partial charge in [0, 0.05) is 10.4 Å². The average molecular weight is 364 g/mol. The Kier molecular flexibility index (Phi) is 4.64.